The van der Waals surface area contributed by atoms with Crippen LogP contribution in [0.2, 0.25) is 0 Å². The van der Waals surface area contributed by atoms with E-state index in [9.17, 15) is 13.2 Å². The van der Waals surface area contributed by atoms with Crippen molar-refractivity contribution >= 4 is 15.9 Å². The Bertz CT molecular complexity index is 708. The molecule has 0 bridgehead atoms. The maximum atomic E-state index is 12.5. The molecule has 1 atom stereocenters. The molecule has 0 radical (unpaired) electrons. The van der Waals surface area contributed by atoms with Gasteiger partial charge in [0.25, 0.3) is 5.91 Å². The second kappa shape index (κ2) is 9.52. The van der Waals surface area contributed by atoms with E-state index in [1.807, 2.05) is 0 Å². The van der Waals surface area contributed by atoms with Crippen LogP contribution >= 0.6 is 0 Å². The zero-order valence-corrected chi connectivity index (χ0v) is 16.3. The Morgan fingerprint density at radius 2 is 1.81 bits per heavy atom. The van der Waals surface area contributed by atoms with Crippen molar-refractivity contribution in [2.45, 2.75) is 62.0 Å². The van der Waals surface area contributed by atoms with Crippen LogP contribution in [0.3, 0.4) is 0 Å². The summed E-state index contributed by atoms with van der Waals surface area (Å²) in [5.74, 6) is 0.236. The van der Waals surface area contributed by atoms with Crippen molar-refractivity contribution in [2.24, 2.45) is 0 Å². The van der Waals surface area contributed by atoms with Crippen LogP contribution in [-0.2, 0) is 19.6 Å². The lowest BCUT2D eigenvalue weighted by molar-refractivity contribution is -0.123. The van der Waals surface area contributed by atoms with Gasteiger partial charge in [-0.2, -0.15) is 0 Å². The summed E-state index contributed by atoms with van der Waals surface area (Å²) in [6.45, 7) is 1.13. The average molecular weight is 397 g/mol. The average Bonchev–Trinajstić information content (AvgIpc) is 3.19. The Labute approximate surface area is 160 Å². The van der Waals surface area contributed by atoms with Crippen molar-refractivity contribution in [3.05, 3.63) is 24.3 Å². The highest BCUT2D eigenvalue weighted by molar-refractivity contribution is 7.89. The number of amides is 1. The van der Waals surface area contributed by atoms with Gasteiger partial charge in [0.2, 0.25) is 10.0 Å². The van der Waals surface area contributed by atoms with Gasteiger partial charge in [-0.3, -0.25) is 4.79 Å². The molecule has 2 fully saturated rings. The Morgan fingerprint density at radius 1 is 1.07 bits per heavy atom. The van der Waals surface area contributed by atoms with Gasteiger partial charge in [-0.25, -0.2) is 13.1 Å². The van der Waals surface area contributed by atoms with Crippen LogP contribution in [0, 0.1) is 0 Å². The summed E-state index contributed by atoms with van der Waals surface area (Å²) in [5.41, 5.74) is 0. The first-order valence-corrected chi connectivity index (χ1v) is 11.1. The zero-order chi connectivity index (χ0) is 19.1. The summed E-state index contributed by atoms with van der Waals surface area (Å²) in [6, 6.07) is 6.17. The van der Waals surface area contributed by atoms with Gasteiger partial charge in [-0.15, -0.1) is 0 Å². The minimum Gasteiger partial charge on any atom is -0.484 e. The van der Waals surface area contributed by atoms with Crippen LogP contribution in [0.15, 0.2) is 29.2 Å². The molecule has 0 unspecified atom stereocenters. The predicted octanol–water partition coefficient (Wildman–Crippen LogP) is 1.97. The Morgan fingerprint density at radius 3 is 2.48 bits per heavy atom. The lowest BCUT2D eigenvalue weighted by atomic mass is 9.96. The van der Waals surface area contributed by atoms with Crippen LogP contribution in [-0.4, -0.2) is 46.2 Å². The van der Waals surface area contributed by atoms with Crippen molar-refractivity contribution < 1.29 is 22.7 Å². The summed E-state index contributed by atoms with van der Waals surface area (Å²) in [6.07, 6.45) is 7.17. The van der Waals surface area contributed by atoms with Gasteiger partial charge >= 0.3 is 0 Å². The molecular formula is C19H28N2O5S. The molecule has 1 amide bonds. The highest BCUT2D eigenvalue weighted by atomic mass is 32.2. The van der Waals surface area contributed by atoms with Crippen molar-refractivity contribution in [1.82, 2.24) is 10.0 Å². The number of carbonyl (C=O) groups is 1. The van der Waals surface area contributed by atoms with E-state index in [0.29, 0.717) is 12.3 Å². The molecule has 1 saturated heterocycles. The molecule has 0 aromatic heterocycles. The first-order valence-electron chi connectivity index (χ1n) is 9.66. The molecule has 8 heteroatoms. The molecule has 27 heavy (non-hydrogen) atoms. The normalized spacial score (nSPS) is 21.1. The van der Waals surface area contributed by atoms with Gasteiger partial charge in [0.15, 0.2) is 6.61 Å². The van der Waals surface area contributed by atoms with Gasteiger partial charge in [0.05, 0.1) is 11.0 Å². The molecule has 1 aromatic rings. The highest BCUT2D eigenvalue weighted by Gasteiger charge is 2.22. The largest absolute Gasteiger partial charge is 0.484 e. The quantitative estimate of drug-likeness (QED) is 0.701. The minimum atomic E-state index is -3.52. The molecule has 1 heterocycles. The molecular weight excluding hydrogens is 368 g/mol. The fourth-order valence-corrected chi connectivity index (χ4v) is 4.76. The second-order valence-corrected chi connectivity index (χ2v) is 8.87. The topological polar surface area (TPSA) is 93.7 Å². The second-order valence-electron chi connectivity index (χ2n) is 7.16. The van der Waals surface area contributed by atoms with Crippen LogP contribution in [0.25, 0.3) is 0 Å². The van der Waals surface area contributed by atoms with Gasteiger partial charge < -0.3 is 14.8 Å². The number of carbonyl (C=O) groups excluding carboxylic acids is 1. The minimum absolute atomic E-state index is 0.0206. The third-order valence-corrected chi connectivity index (χ3v) is 6.52. The van der Waals surface area contributed by atoms with E-state index in [4.69, 9.17) is 9.47 Å². The lowest BCUT2D eigenvalue weighted by Crippen LogP contribution is -2.36. The van der Waals surface area contributed by atoms with Crippen LogP contribution in [0.4, 0.5) is 0 Å². The van der Waals surface area contributed by atoms with E-state index in [2.05, 4.69) is 10.0 Å². The Kier molecular flexibility index (Phi) is 7.09. The summed E-state index contributed by atoms with van der Waals surface area (Å²) < 4.78 is 38.6. The maximum Gasteiger partial charge on any atom is 0.258 e. The molecule has 150 valence electrons. The maximum absolute atomic E-state index is 12.5. The van der Waals surface area contributed by atoms with E-state index in [1.54, 1.807) is 12.1 Å². The van der Waals surface area contributed by atoms with Crippen LogP contribution < -0.4 is 14.8 Å². The van der Waals surface area contributed by atoms with Gasteiger partial charge in [-0.1, -0.05) is 19.3 Å². The summed E-state index contributed by atoms with van der Waals surface area (Å²) in [5, 5.41) is 2.78. The molecule has 1 aliphatic carbocycles. The van der Waals surface area contributed by atoms with Gasteiger partial charge in [-0.05, 0) is 49.9 Å². The van der Waals surface area contributed by atoms with Crippen molar-refractivity contribution in [3.63, 3.8) is 0 Å². The molecule has 1 saturated carbocycles. The summed E-state index contributed by atoms with van der Waals surface area (Å²) in [4.78, 5) is 12.0. The number of rotatable bonds is 8. The summed E-state index contributed by atoms with van der Waals surface area (Å²) in [7, 11) is -3.52. The number of nitrogens with one attached hydrogen (secondary N) is 2. The number of hydrogen-bond donors (Lipinski definition) is 2. The van der Waals surface area contributed by atoms with E-state index >= 15 is 0 Å². The highest BCUT2D eigenvalue weighted by Crippen LogP contribution is 2.21. The fraction of sp³-hybridized carbons (Fsp3) is 0.632. The van der Waals surface area contributed by atoms with Crippen molar-refractivity contribution in [2.75, 3.05) is 19.8 Å². The number of hydrogen-bond acceptors (Lipinski definition) is 5. The molecule has 1 aromatic carbocycles. The third-order valence-electron chi connectivity index (χ3n) is 4.98. The van der Waals surface area contributed by atoms with Crippen molar-refractivity contribution in [1.29, 1.82) is 0 Å². The Balaban J connectivity index is 1.45. The molecule has 2 N–H and O–H groups in total. The first-order chi connectivity index (χ1) is 13.0. The molecule has 1 aliphatic heterocycles. The SMILES string of the molecule is O=C(COc1ccc(S(=O)(=O)NC2CCCCC2)cc1)NC[C@H]1CCCO1. The van der Waals surface area contributed by atoms with E-state index in [1.165, 1.54) is 18.6 Å². The molecule has 7 nitrogen and oxygen atoms in total. The molecule has 0 spiro atoms. The monoisotopic (exact) mass is 396 g/mol. The number of benzene rings is 1. The van der Waals surface area contributed by atoms with Crippen molar-refractivity contribution in [3.8, 4) is 5.75 Å². The van der Waals surface area contributed by atoms with E-state index < -0.39 is 10.0 Å². The standard InChI is InChI=1S/C19H28N2O5S/c22-19(20-13-17-7-4-12-25-17)14-26-16-8-10-18(11-9-16)27(23,24)21-15-5-2-1-3-6-15/h8-11,15,17,21H,1-7,12-14H2,(H,20,22)/t17-/m1/s1. The fourth-order valence-electron chi connectivity index (χ4n) is 3.46. The predicted molar refractivity (Wildman–Crippen MR) is 101 cm³/mol. The number of sulfonamides is 1. The van der Waals surface area contributed by atoms with Crippen LogP contribution in [0.1, 0.15) is 44.9 Å². The van der Waals surface area contributed by atoms with Gasteiger partial charge in [0.1, 0.15) is 5.75 Å². The molecule has 2 aliphatic rings. The number of ether oxygens (including phenoxy) is 2. The first kappa shape index (κ1) is 20.1. The molecule has 3 rings (SSSR count). The zero-order valence-electron chi connectivity index (χ0n) is 15.5. The van der Waals surface area contributed by atoms with E-state index in [0.717, 1.165) is 45.1 Å². The van der Waals surface area contributed by atoms with E-state index in [-0.39, 0.29) is 29.6 Å². The summed E-state index contributed by atoms with van der Waals surface area (Å²) >= 11 is 0. The van der Waals surface area contributed by atoms with Gasteiger partial charge in [0, 0.05) is 19.2 Å². The smallest absolute Gasteiger partial charge is 0.258 e. The van der Waals surface area contributed by atoms with Crippen LogP contribution in [0.5, 0.6) is 5.75 Å². The Hall–Kier alpha value is -1.64. The third kappa shape index (κ3) is 6.19. The lowest BCUT2D eigenvalue weighted by Gasteiger charge is -2.22.